The first kappa shape index (κ1) is 16.5. The normalized spacial score (nSPS) is 6.60. The molecule has 0 atom stereocenters. The minimum absolute atomic E-state index is 0.855. The minimum Gasteiger partial charge on any atom is -0.382 e. The molecule has 0 unspecified atom stereocenters. The first-order chi connectivity index (χ1) is 4.91. The molecule has 0 aliphatic rings. The Kier molecular flexibility index (Phi) is 59.8. The van der Waals surface area contributed by atoms with Crippen LogP contribution in [0.5, 0.6) is 0 Å². The quantitative estimate of drug-likeness (QED) is 0.557. The lowest BCUT2D eigenvalue weighted by atomic mass is 10.5. The van der Waals surface area contributed by atoms with Gasteiger partial charge in [-0.05, 0) is 13.3 Å². The average molecular weight is 148 g/mol. The van der Waals surface area contributed by atoms with Crippen LogP contribution in [0.3, 0.4) is 0 Å². The topological polar surface area (TPSA) is 9.23 Å². The van der Waals surface area contributed by atoms with Gasteiger partial charge >= 0.3 is 0 Å². The maximum atomic E-state index is 4.98. The summed E-state index contributed by atoms with van der Waals surface area (Å²) in [5.41, 5.74) is 0. The highest BCUT2D eigenvalue weighted by atomic mass is 16.5. The highest BCUT2D eigenvalue weighted by Crippen LogP contribution is 1.75. The standard InChI is InChI=1S/C5H12O.2C2H6/c1-3-5-6-4-2;2*1-2/h3-5H2,1-2H3;2*1-2H3. The monoisotopic (exact) mass is 148 g/mol. The lowest BCUT2D eigenvalue weighted by Gasteiger charge is -1.91. The van der Waals surface area contributed by atoms with Crippen LogP contribution >= 0.6 is 0 Å². The molecule has 0 fully saturated rings. The molecule has 0 aromatic carbocycles. The smallest absolute Gasteiger partial charge is 0.0463 e. The summed E-state index contributed by atoms with van der Waals surface area (Å²) < 4.78 is 4.98. The Morgan fingerprint density at radius 1 is 0.900 bits per heavy atom. The van der Waals surface area contributed by atoms with E-state index in [1.807, 2.05) is 34.6 Å². The third-order valence-electron chi connectivity index (χ3n) is 0.553. The fourth-order valence-electron chi connectivity index (χ4n) is 0.289. The van der Waals surface area contributed by atoms with E-state index in [-0.39, 0.29) is 0 Å². The van der Waals surface area contributed by atoms with Crippen molar-refractivity contribution in [1.82, 2.24) is 0 Å². The zero-order valence-corrected chi connectivity index (χ0v) is 8.53. The molecule has 0 aliphatic heterocycles. The molecule has 0 bridgehead atoms. The van der Waals surface area contributed by atoms with Gasteiger partial charge in [0.05, 0.1) is 0 Å². The summed E-state index contributed by atoms with van der Waals surface area (Å²) in [5, 5.41) is 0. The van der Waals surface area contributed by atoms with Crippen LogP contribution in [0.25, 0.3) is 0 Å². The van der Waals surface area contributed by atoms with Gasteiger partial charge in [0.2, 0.25) is 0 Å². The summed E-state index contributed by atoms with van der Waals surface area (Å²) in [4.78, 5) is 0. The Morgan fingerprint density at radius 3 is 1.40 bits per heavy atom. The molecule has 0 saturated heterocycles. The lowest BCUT2D eigenvalue weighted by Crippen LogP contribution is -1.88. The Labute approximate surface area is 66.8 Å². The van der Waals surface area contributed by atoms with Gasteiger partial charge in [-0.1, -0.05) is 34.6 Å². The molecule has 0 spiro atoms. The molecule has 0 aromatic heterocycles. The lowest BCUT2D eigenvalue weighted by molar-refractivity contribution is 0.148. The molecule has 0 radical (unpaired) electrons. The summed E-state index contributed by atoms with van der Waals surface area (Å²) in [7, 11) is 0. The number of ether oxygens (including phenoxy) is 1. The first-order valence-electron chi connectivity index (χ1n) is 4.49. The molecule has 1 nitrogen and oxygen atoms in total. The summed E-state index contributed by atoms with van der Waals surface area (Å²) in [6.07, 6.45) is 1.13. The minimum atomic E-state index is 0.855. The zero-order valence-electron chi connectivity index (χ0n) is 8.53. The van der Waals surface area contributed by atoms with E-state index in [1.165, 1.54) is 0 Å². The van der Waals surface area contributed by atoms with Crippen LogP contribution in [0, 0.1) is 0 Å². The van der Waals surface area contributed by atoms with Crippen LogP contribution in [-0.4, -0.2) is 13.2 Å². The summed E-state index contributed by atoms with van der Waals surface area (Å²) >= 11 is 0. The number of rotatable bonds is 3. The van der Waals surface area contributed by atoms with Crippen LogP contribution in [0.15, 0.2) is 0 Å². The van der Waals surface area contributed by atoms with Gasteiger partial charge in [0, 0.05) is 13.2 Å². The zero-order chi connectivity index (χ0) is 8.83. The van der Waals surface area contributed by atoms with Crippen molar-refractivity contribution in [2.75, 3.05) is 13.2 Å². The second-order valence-corrected chi connectivity index (χ2v) is 1.20. The maximum absolute atomic E-state index is 4.98. The first-order valence-corrected chi connectivity index (χ1v) is 4.49. The third-order valence-corrected chi connectivity index (χ3v) is 0.553. The second-order valence-electron chi connectivity index (χ2n) is 1.20. The van der Waals surface area contributed by atoms with Crippen molar-refractivity contribution in [3.8, 4) is 0 Å². The van der Waals surface area contributed by atoms with E-state index < -0.39 is 0 Å². The average Bonchev–Trinajstić information content (AvgIpc) is 2.08. The van der Waals surface area contributed by atoms with E-state index in [4.69, 9.17) is 4.74 Å². The fraction of sp³-hybridized carbons (Fsp3) is 1.00. The second kappa shape index (κ2) is 36.2. The van der Waals surface area contributed by atoms with E-state index in [1.54, 1.807) is 0 Å². The van der Waals surface area contributed by atoms with Gasteiger partial charge in [0.25, 0.3) is 0 Å². The van der Waals surface area contributed by atoms with Crippen LogP contribution in [0.4, 0.5) is 0 Å². The molecule has 0 aliphatic carbocycles. The highest BCUT2D eigenvalue weighted by Gasteiger charge is 1.72. The Hall–Kier alpha value is -0.0400. The molecule has 10 heavy (non-hydrogen) atoms. The van der Waals surface area contributed by atoms with E-state index in [9.17, 15) is 0 Å². The van der Waals surface area contributed by atoms with Crippen molar-refractivity contribution < 1.29 is 4.74 Å². The highest BCUT2D eigenvalue weighted by molar-refractivity contribution is 4.19. The summed E-state index contributed by atoms with van der Waals surface area (Å²) in [6.45, 7) is 13.9. The molecule has 0 heterocycles. The van der Waals surface area contributed by atoms with E-state index >= 15 is 0 Å². The van der Waals surface area contributed by atoms with E-state index in [0.717, 1.165) is 19.6 Å². The molecule has 0 saturated carbocycles. The third kappa shape index (κ3) is 44.0. The van der Waals surface area contributed by atoms with Crippen molar-refractivity contribution in [1.29, 1.82) is 0 Å². The maximum Gasteiger partial charge on any atom is 0.0463 e. The van der Waals surface area contributed by atoms with Crippen molar-refractivity contribution in [2.24, 2.45) is 0 Å². The van der Waals surface area contributed by atoms with Gasteiger partial charge in [0.1, 0.15) is 0 Å². The van der Waals surface area contributed by atoms with Crippen molar-refractivity contribution in [2.45, 2.75) is 48.0 Å². The SMILES string of the molecule is CC.CC.CCCOCC. The van der Waals surface area contributed by atoms with Crippen LogP contribution < -0.4 is 0 Å². The van der Waals surface area contributed by atoms with Gasteiger partial charge in [-0.25, -0.2) is 0 Å². The fourth-order valence-corrected chi connectivity index (χ4v) is 0.289. The summed E-state index contributed by atoms with van der Waals surface area (Å²) in [6, 6.07) is 0. The predicted molar refractivity (Wildman–Crippen MR) is 49.5 cm³/mol. The van der Waals surface area contributed by atoms with Crippen LogP contribution in [0.1, 0.15) is 48.0 Å². The molecule has 0 amide bonds. The largest absolute Gasteiger partial charge is 0.382 e. The number of hydrogen-bond donors (Lipinski definition) is 0. The van der Waals surface area contributed by atoms with E-state index in [0.29, 0.717) is 0 Å². The van der Waals surface area contributed by atoms with Crippen LogP contribution in [0.2, 0.25) is 0 Å². The molecule has 0 rings (SSSR count). The van der Waals surface area contributed by atoms with Crippen LogP contribution in [-0.2, 0) is 4.74 Å². The van der Waals surface area contributed by atoms with Gasteiger partial charge in [-0.3, -0.25) is 0 Å². The molecule has 66 valence electrons. The Morgan fingerprint density at radius 2 is 1.30 bits per heavy atom. The molecule has 0 N–H and O–H groups in total. The van der Waals surface area contributed by atoms with Gasteiger partial charge in [-0.15, -0.1) is 0 Å². The molecule has 0 aromatic rings. The van der Waals surface area contributed by atoms with E-state index in [2.05, 4.69) is 6.92 Å². The summed E-state index contributed by atoms with van der Waals surface area (Å²) in [5.74, 6) is 0. The molecular formula is C9H24O. The van der Waals surface area contributed by atoms with Crippen molar-refractivity contribution in [3.05, 3.63) is 0 Å². The van der Waals surface area contributed by atoms with Gasteiger partial charge in [0.15, 0.2) is 0 Å². The predicted octanol–water partition coefficient (Wildman–Crippen LogP) is 3.49. The Balaban J connectivity index is -0.000000105. The van der Waals surface area contributed by atoms with Crippen molar-refractivity contribution in [3.63, 3.8) is 0 Å². The number of hydrogen-bond acceptors (Lipinski definition) is 1. The van der Waals surface area contributed by atoms with Crippen molar-refractivity contribution >= 4 is 0 Å². The Bertz CT molecular complexity index is 16.7. The van der Waals surface area contributed by atoms with Gasteiger partial charge in [-0.2, -0.15) is 0 Å². The van der Waals surface area contributed by atoms with Gasteiger partial charge < -0.3 is 4.74 Å². The molecular weight excluding hydrogens is 124 g/mol. The molecule has 1 heteroatoms.